The van der Waals surface area contributed by atoms with Crippen molar-refractivity contribution in [3.8, 4) is 0 Å². The molecule has 3 atom stereocenters. The van der Waals surface area contributed by atoms with E-state index in [1.165, 1.54) is 69.9 Å². The molecule has 167 valence electrons. The molecule has 1 radical (unpaired) electrons. The van der Waals surface area contributed by atoms with Crippen molar-refractivity contribution in [3.05, 3.63) is 41.8 Å². The van der Waals surface area contributed by atoms with E-state index in [-0.39, 0.29) is 5.92 Å². The zero-order valence-electron chi connectivity index (χ0n) is 18.3. The van der Waals surface area contributed by atoms with Crippen LogP contribution in [0.25, 0.3) is 0 Å². The van der Waals surface area contributed by atoms with E-state index in [1.54, 1.807) is 12.1 Å². The molecule has 30 heavy (non-hydrogen) atoms. The maximum atomic E-state index is 13.0. The predicted molar refractivity (Wildman–Crippen MR) is 116 cm³/mol. The highest BCUT2D eigenvalue weighted by molar-refractivity contribution is 5.29. The van der Waals surface area contributed by atoms with Gasteiger partial charge in [0.15, 0.2) is 0 Å². The van der Waals surface area contributed by atoms with E-state index < -0.39 is 11.7 Å². The topological polar surface area (TPSA) is 12.0 Å². The summed E-state index contributed by atoms with van der Waals surface area (Å²) in [5.41, 5.74) is 0.870. The fourth-order valence-electron chi connectivity index (χ4n) is 6.37. The Morgan fingerprint density at radius 1 is 1.00 bits per heavy atom. The number of alkyl halides is 3. The minimum Gasteiger partial charge on any atom is -0.310 e. The summed E-state index contributed by atoms with van der Waals surface area (Å²) in [6, 6.07) is 6.83. The lowest BCUT2D eigenvalue weighted by Gasteiger charge is -2.42. The van der Waals surface area contributed by atoms with Gasteiger partial charge in [0, 0.05) is 12.1 Å². The maximum absolute atomic E-state index is 13.0. The van der Waals surface area contributed by atoms with Gasteiger partial charge in [-0.25, -0.2) is 0 Å². The van der Waals surface area contributed by atoms with Crippen molar-refractivity contribution in [1.82, 2.24) is 5.32 Å². The van der Waals surface area contributed by atoms with Crippen molar-refractivity contribution in [2.45, 2.75) is 108 Å². The zero-order chi connectivity index (χ0) is 21.2. The molecule has 0 spiro atoms. The molecule has 4 rings (SSSR count). The molecule has 0 heterocycles. The minimum atomic E-state index is -4.27. The van der Waals surface area contributed by atoms with Gasteiger partial charge in [0.1, 0.15) is 0 Å². The molecule has 4 heteroatoms. The summed E-state index contributed by atoms with van der Waals surface area (Å²) in [5, 5.41) is 4.12. The first kappa shape index (κ1) is 22.2. The van der Waals surface area contributed by atoms with Gasteiger partial charge in [-0.1, -0.05) is 57.6 Å². The van der Waals surface area contributed by atoms with Gasteiger partial charge in [-0.3, -0.25) is 0 Å². The second kappa shape index (κ2) is 9.22. The average molecular weight is 421 g/mol. The van der Waals surface area contributed by atoms with Crippen LogP contribution in [0, 0.1) is 17.8 Å². The van der Waals surface area contributed by atoms with Gasteiger partial charge in [-0.15, -0.1) is 0 Å². The molecule has 1 aromatic carbocycles. The molecular formula is C26H37F3N. The summed E-state index contributed by atoms with van der Waals surface area (Å²) in [6.45, 7) is 2.48. The Hall–Kier alpha value is -1.03. The third-order valence-corrected chi connectivity index (χ3v) is 8.30. The van der Waals surface area contributed by atoms with Crippen molar-refractivity contribution in [2.75, 3.05) is 0 Å². The van der Waals surface area contributed by atoms with Crippen molar-refractivity contribution in [2.24, 2.45) is 11.3 Å². The fourth-order valence-corrected chi connectivity index (χ4v) is 6.37. The third-order valence-electron chi connectivity index (χ3n) is 8.30. The summed E-state index contributed by atoms with van der Waals surface area (Å²) in [5.74, 6) is 1.12. The third kappa shape index (κ3) is 5.06. The normalized spacial score (nSPS) is 28.7. The molecular weight excluding hydrogens is 383 g/mol. The second-order valence-electron chi connectivity index (χ2n) is 10.4. The largest absolute Gasteiger partial charge is 0.416 e. The number of halogens is 3. The number of benzene rings is 1. The highest BCUT2D eigenvalue weighted by Crippen LogP contribution is 2.45. The van der Waals surface area contributed by atoms with Crippen molar-refractivity contribution < 1.29 is 13.2 Å². The summed E-state index contributed by atoms with van der Waals surface area (Å²) < 4.78 is 39.0. The summed E-state index contributed by atoms with van der Waals surface area (Å²) in [6.07, 6.45) is 13.2. The maximum Gasteiger partial charge on any atom is 0.416 e. The van der Waals surface area contributed by atoms with E-state index in [4.69, 9.17) is 0 Å². The Bertz CT molecular complexity index is 669. The lowest BCUT2D eigenvalue weighted by Crippen LogP contribution is -2.50. The Morgan fingerprint density at radius 2 is 1.67 bits per heavy atom. The van der Waals surface area contributed by atoms with Gasteiger partial charge in [-0.05, 0) is 79.9 Å². The zero-order valence-corrected chi connectivity index (χ0v) is 18.3. The van der Waals surface area contributed by atoms with Crippen molar-refractivity contribution in [1.29, 1.82) is 0 Å². The molecule has 1 aromatic rings. The van der Waals surface area contributed by atoms with Crippen molar-refractivity contribution >= 4 is 0 Å². The van der Waals surface area contributed by atoms with Crippen LogP contribution in [0.15, 0.2) is 24.3 Å². The Labute approximate surface area is 180 Å². The molecule has 0 unspecified atom stereocenters. The quantitative estimate of drug-likeness (QED) is 0.498. The van der Waals surface area contributed by atoms with Gasteiger partial charge in [0.05, 0.1) is 5.56 Å². The molecule has 3 saturated carbocycles. The fraction of sp³-hybridized carbons (Fsp3) is 0.731. The molecule has 0 aliphatic heterocycles. The lowest BCUT2D eigenvalue weighted by atomic mass is 9.73. The minimum absolute atomic E-state index is 0.275. The van der Waals surface area contributed by atoms with E-state index in [1.807, 2.05) is 0 Å². The molecule has 0 amide bonds. The number of hydrogen-bond acceptors (Lipinski definition) is 1. The van der Waals surface area contributed by atoms with Crippen LogP contribution in [-0.2, 0) is 6.18 Å². The van der Waals surface area contributed by atoms with Crippen LogP contribution in [0.3, 0.4) is 0 Å². The number of nitrogens with one attached hydrogen (secondary N) is 1. The first-order valence-corrected chi connectivity index (χ1v) is 12.1. The van der Waals surface area contributed by atoms with Crippen LogP contribution < -0.4 is 5.32 Å². The Kier molecular flexibility index (Phi) is 6.82. The average Bonchev–Trinajstić information content (AvgIpc) is 3.40. The first-order chi connectivity index (χ1) is 14.4. The van der Waals surface area contributed by atoms with Gasteiger partial charge < -0.3 is 5.32 Å². The smallest absolute Gasteiger partial charge is 0.310 e. The SMILES string of the molecule is CC1([C@@H](CC2CCCC2)N[C@@H]2CC[CH]C[C@H]2c2ccc(C(F)(F)F)cc2)CCCC1. The predicted octanol–water partition coefficient (Wildman–Crippen LogP) is 7.66. The number of rotatable bonds is 6. The second-order valence-corrected chi connectivity index (χ2v) is 10.4. The Balaban J connectivity index is 1.51. The van der Waals surface area contributed by atoms with Crippen LogP contribution in [0.4, 0.5) is 13.2 Å². The molecule has 0 saturated heterocycles. The molecule has 3 aliphatic carbocycles. The molecule has 0 bridgehead atoms. The summed E-state index contributed by atoms with van der Waals surface area (Å²) >= 11 is 0. The molecule has 3 fully saturated rings. The molecule has 0 aromatic heterocycles. The molecule has 1 N–H and O–H groups in total. The molecule has 3 aliphatic rings. The van der Waals surface area contributed by atoms with Crippen LogP contribution in [0.1, 0.15) is 101 Å². The van der Waals surface area contributed by atoms with Gasteiger partial charge in [0.2, 0.25) is 0 Å². The van der Waals surface area contributed by atoms with Crippen LogP contribution in [-0.4, -0.2) is 12.1 Å². The standard InChI is InChI=1S/C26H37F3N/c1-25(16-6-7-17-25)24(18-19-8-2-3-9-19)30-23-11-5-4-10-22(23)20-12-14-21(15-13-20)26(27,28)29/h4,12-15,19,22-24,30H,2-3,5-11,16-18H2,1H3/t22-,23+,24+/m0/s1. The highest BCUT2D eigenvalue weighted by Gasteiger charge is 2.41. The van der Waals surface area contributed by atoms with E-state index in [9.17, 15) is 13.2 Å². The van der Waals surface area contributed by atoms with E-state index in [0.717, 1.165) is 30.7 Å². The van der Waals surface area contributed by atoms with Crippen molar-refractivity contribution in [3.63, 3.8) is 0 Å². The van der Waals surface area contributed by atoms with E-state index in [2.05, 4.69) is 18.7 Å². The monoisotopic (exact) mass is 420 g/mol. The van der Waals surface area contributed by atoms with Gasteiger partial charge >= 0.3 is 6.18 Å². The first-order valence-electron chi connectivity index (χ1n) is 12.1. The highest BCUT2D eigenvalue weighted by atomic mass is 19.4. The van der Waals surface area contributed by atoms with Crippen LogP contribution in [0.5, 0.6) is 0 Å². The van der Waals surface area contributed by atoms with E-state index in [0.29, 0.717) is 17.5 Å². The van der Waals surface area contributed by atoms with Gasteiger partial charge in [0.25, 0.3) is 0 Å². The summed E-state index contributed by atoms with van der Waals surface area (Å²) in [4.78, 5) is 0. The van der Waals surface area contributed by atoms with E-state index >= 15 is 0 Å². The van der Waals surface area contributed by atoms with Crippen LogP contribution in [0.2, 0.25) is 0 Å². The van der Waals surface area contributed by atoms with Crippen LogP contribution >= 0.6 is 0 Å². The number of hydrogen-bond donors (Lipinski definition) is 1. The van der Waals surface area contributed by atoms with Gasteiger partial charge in [-0.2, -0.15) is 13.2 Å². The molecule has 1 nitrogen and oxygen atoms in total. The lowest BCUT2D eigenvalue weighted by molar-refractivity contribution is -0.137. The summed E-state index contributed by atoms with van der Waals surface area (Å²) in [7, 11) is 0. The Morgan fingerprint density at radius 3 is 2.30 bits per heavy atom.